The van der Waals surface area contributed by atoms with E-state index in [4.69, 9.17) is 21.1 Å². The maximum atomic E-state index is 12.3. The number of rotatable bonds is 6. The lowest BCUT2D eigenvalue weighted by atomic mass is 10.1. The molecular formula is C24H23ClN4O3. The first-order valence-electron chi connectivity index (χ1n) is 10.1. The number of methoxy groups -OCH3 is 1. The van der Waals surface area contributed by atoms with Gasteiger partial charge in [-0.2, -0.15) is 10.1 Å². The van der Waals surface area contributed by atoms with E-state index in [1.54, 1.807) is 36.1 Å². The molecule has 0 unspecified atom stereocenters. The summed E-state index contributed by atoms with van der Waals surface area (Å²) in [4.78, 5) is 17.0. The van der Waals surface area contributed by atoms with E-state index in [0.29, 0.717) is 28.0 Å². The van der Waals surface area contributed by atoms with E-state index in [0.717, 1.165) is 27.9 Å². The Labute approximate surface area is 190 Å². The fraction of sp³-hybridized carbons (Fsp3) is 0.208. The summed E-state index contributed by atoms with van der Waals surface area (Å²) >= 11 is 6.31. The number of pyridine rings is 1. The number of hydrogen-bond acceptors (Lipinski definition) is 5. The first-order valence-corrected chi connectivity index (χ1v) is 10.4. The van der Waals surface area contributed by atoms with Gasteiger partial charge in [-0.25, -0.2) is 4.68 Å². The van der Waals surface area contributed by atoms with Crippen LogP contribution < -0.4 is 14.8 Å². The van der Waals surface area contributed by atoms with E-state index in [9.17, 15) is 4.79 Å². The predicted molar refractivity (Wildman–Crippen MR) is 125 cm³/mol. The van der Waals surface area contributed by atoms with Gasteiger partial charge < -0.3 is 14.8 Å². The quantitative estimate of drug-likeness (QED) is 0.446. The molecule has 4 aromatic rings. The number of aromatic nitrogens is 3. The van der Waals surface area contributed by atoms with E-state index in [1.807, 2.05) is 45.0 Å². The smallest absolute Gasteiger partial charge is 0.262 e. The van der Waals surface area contributed by atoms with Crippen LogP contribution in [0.25, 0.3) is 16.7 Å². The highest BCUT2D eigenvalue weighted by molar-refractivity contribution is 6.31. The third-order valence-electron chi connectivity index (χ3n) is 5.18. The Bertz CT molecular complexity index is 1300. The number of benzene rings is 2. The molecule has 0 radical (unpaired) electrons. The molecule has 0 saturated heterocycles. The van der Waals surface area contributed by atoms with Crippen LogP contribution in [0, 0.1) is 20.8 Å². The fourth-order valence-corrected chi connectivity index (χ4v) is 3.72. The Kier molecular flexibility index (Phi) is 6.01. The van der Waals surface area contributed by atoms with Gasteiger partial charge in [-0.1, -0.05) is 17.7 Å². The second-order valence-corrected chi connectivity index (χ2v) is 7.83. The Morgan fingerprint density at radius 2 is 1.88 bits per heavy atom. The zero-order chi connectivity index (χ0) is 22.8. The molecule has 2 heterocycles. The average molecular weight is 451 g/mol. The van der Waals surface area contributed by atoms with Crippen LogP contribution in [0.1, 0.15) is 16.8 Å². The lowest BCUT2D eigenvalue weighted by Crippen LogP contribution is -2.20. The van der Waals surface area contributed by atoms with Gasteiger partial charge in [-0.15, -0.1) is 0 Å². The van der Waals surface area contributed by atoms with Crippen molar-refractivity contribution in [2.24, 2.45) is 0 Å². The summed E-state index contributed by atoms with van der Waals surface area (Å²) < 4.78 is 12.6. The predicted octanol–water partition coefficient (Wildman–Crippen LogP) is 5.03. The molecule has 0 spiro atoms. The number of carbonyl (C=O) groups excluding carboxylic acids is 1. The lowest BCUT2D eigenvalue weighted by Gasteiger charge is -2.11. The third kappa shape index (κ3) is 4.24. The van der Waals surface area contributed by atoms with Crippen molar-refractivity contribution in [2.75, 3.05) is 19.0 Å². The molecule has 32 heavy (non-hydrogen) atoms. The minimum Gasteiger partial charge on any atom is -0.497 e. The number of hydrogen-bond donors (Lipinski definition) is 1. The Hall–Kier alpha value is -3.58. The molecule has 4 rings (SSSR count). The molecule has 2 aromatic carbocycles. The van der Waals surface area contributed by atoms with Gasteiger partial charge in [0, 0.05) is 22.2 Å². The lowest BCUT2D eigenvalue weighted by molar-refractivity contribution is -0.118. The molecule has 0 saturated carbocycles. The monoisotopic (exact) mass is 450 g/mol. The zero-order valence-corrected chi connectivity index (χ0v) is 19.0. The average Bonchev–Trinajstić information content (AvgIpc) is 3.11. The van der Waals surface area contributed by atoms with Crippen molar-refractivity contribution in [2.45, 2.75) is 20.8 Å². The zero-order valence-electron chi connectivity index (χ0n) is 18.3. The molecule has 0 fully saturated rings. The van der Waals surface area contributed by atoms with Gasteiger partial charge in [-0.3, -0.25) is 4.79 Å². The van der Waals surface area contributed by atoms with Gasteiger partial charge in [0.05, 0.1) is 18.5 Å². The van der Waals surface area contributed by atoms with Gasteiger partial charge >= 0.3 is 0 Å². The number of fused-ring (bicyclic) bond motifs is 1. The maximum absolute atomic E-state index is 12.3. The van der Waals surface area contributed by atoms with Crippen molar-refractivity contribution < 1.29 is 14.3 Å². The molecule has 0 aliphatic rings. The van der Waals surface area contributed by atoms with Gasteiger partial charge in [0.2, 0.25) is 5.88 Å². The minimum absolute atomic E-state index is 0.173. The molecule has 2 aromatic heterocycles. The van der Waals surface area contributed by atoms with Crippen LogP contribution in [0.4, 0.5) is 5.69 Å². The van der Waals surface area contributed by atoms with Crippen LogP contribution in [0.15, 0.2) is 48.5 Å². The molecular weight excluding hydrogens is 428 g/mol. The minimum atomic E-state index is -0.287. The standard InChI is InChI=1S/C24H23ClN4O3/c1-14-12-22(32-13-21(30)26-17-8-10-18(31-4)11-9-17)27-24-23(14)16(3)28-29(24)20-7-5-6-19(25)15(20)2/h5-12H,13H2,1-4H3,(H,26,30). The largest absolute Gasteiger partial charge is 0.497 e. The second kappa shape index (κ2) is 8.88. The molecule has 8 heteroatoms. The van der Waals surface area contributed by atoms with Crippen LogP contribution in [0.2, 0.25) is 5.02 Å². The summed E-state index contributed by atoms with van der Waals surface area (Å²) in [6, 6.07) is 14.6. The molecule has 164 valence electrons. The molecule has 1 N–H and O–H groups in total. The summed E-state index contributed by atoms with van der Waals surface area (Å²) in [5.74, 6) is 0.778. The van der Waals surface area contributed by atoms with E-state index in [1.165, 1.54) is 0 Å². The molecule has 0 aliphatic heterocycles. The van der Waals surface area contributed by atoms with Crippen LogP contribution in [0.5, 0.6) is 11.6 Å². The molecule has 0 bridgehead atoms. The number of amides is 1. The van der Waals surface area contributed by atoms with Crippen molar-refractivity contribution in [1.29, 1.82) is 0 Å². The van der Waals surface area contributed by atoms with Crippen LogP contribution in [0.3, 0.4) is 0 Å². The number of halogens is 1. The van der Waals surface area contributed by atoms with E-state index >= 15 is 0 Å². The molecule has 1 amide bonds. The first kappa shape index (κ1) is 21.6. The van der Waals surface area contributed by atoms with E-state index in [-0.39, 0.29) is 12.5 Å². The summed E-state index contributed by atoms with van der Waals surface area (Å²) in [5, 5.41) is 9.07. The van der Waals surface area contributed by atoms with Crippen molar-refractivity contribution in [3.8, 4) is 17.3 Å². The Morgan fingerprint density at radius 1 is 1.12 bits per heavy atom. The van der Waals surface area contributed by atoms with Crippen molar-refractivity contribution in [1.82, 2.24) is 14.8 Å². The third-order valence-corrected chi connectivity index (χ3v) is 5.59. The Morgan fingerprint density at radius 3 is 2.59 bits per heavy atom. The fourth-order valence-electron chi connectivity index (χ4n) is 3.55. The number of anilines is 1. The second-order valence-electron chi connectivity index (χ2n) is 7.42. The normalized spacial score (nSPS) is 10.9. The first-order chi connectivity index (χ1) is 15.4. The molecule has 0 atom stereocenters. The topological polar surface area (TPSA) is 78.3 Å². The van der Waals surface area contributed by atoms with Gasteiger partial charge in [0.15, 0.2) is 12.3 Å². The number of nitrogens with zero attached hydrogens (tertiary/aromatic N) is 3. The summed E-state index contributed by atoms with van der Waals surface area (Å²) in [6.45, 7) is 5.68. The number of aryl methyl sites for hydroxylation is 2. The number of ether oxygens (including phenoxy) is 2. The van der Waals surface area contributed by atoms with E-state index in [2.05, 4.69) is 15.4 Å². The number of nitrogens with one attached hydrogen (secondary N) is 1. The van der Waals surface area contributed by atoms with Crippen molar-refractivity contribution in [3.63, 3.8) is 0 Å². The Balaban J connectivity index is 1.58. The van der Waals surface area contributed by atoms with Crippen LogP contribution in [-0.4, -0.2) is 34.4 Å². The van der Waals surface area contributed by atoms with Gasteiger partial charge in [-0.05, 0) is 68.3 Å². The summed E-state index contributed by atoms with van der Waals surface area (Å²) in [7, 11) is 1.59. The molecule has 0 aliphatic carbocycles. The van der Waals surface area contributed by atoms with Crippen molar-refractivity contribution in [3.05, 3.63) is 70.4 Å². The van der Waals surface area contributed by atoms with Crippen LogP contribution >= 0.6 is 11.6 Å². The SMILES string of the molecule is COc1ccc(NC(=O)COc2cc(C)c3c(C)nn(-c4cccc(Cl)c4C)c3n2)cc1. The number of carbonyl (C=O) groups is 1. The maximum Gasteiger partial charge on any atom is 0.262 e. The summed E-state index contributed by atoms with van der Waals surface area (Å²) in [5.41, 5.74) is 4.87. The molecule has 7 nitrogen and oxygen atoms in total. The highest BCUT2D eigenvalue weighted by atomic mass is 35.5. The van der Waals surface area contributed by atoms with Crippen molar-refractivity contribution >= 4 is 34.2 Å². The van der Waals surface area contributed by atoms with Crippen LogP contribution in [-0.2, 0) is 4.79 Å². The highest BCUT2D eigenvalue weighted by Crippen LogP contribution is 2.29. The van der Waals surface area contributed by atoms with Gasteiger partial charge in [0.1, 0.15) is 5.75 Å². The highest BCUT2D eigenvalue weighted by Gasteiger charge is 2.17. The summed E-state index contributed by atoms with van der Waals surface area (Å²) in [6.07, 6.45) is 0. The van der Waals surface area contributed by atoms with E-state index < -0.39 is 0 Å². The van der Waals surface area contributed by atoms with Gasteiger partial charge in [0.25, 0.3) is 5.91 Å².